The third-order valence-electron chi connectivity index (χ3n) is 8.87. The minimum atomic E-state index is -4.89. The van der Waals surface area contributed by atoms with Crippen molar-refractivity contribution < 1.29 is 32.9 Å². The number of halogens is 6. The molecule has 2 heterocycles. The monoisotopic (exact) mass is 786 g/mol. The highest BCUT2D eigenvalue weighted by Crippen LogP contribution is 2.48. The lowest BCUT2D eigenvalue weighted by Gasteiger charge is -2.39. The van der Waals surface area contributed by atoms with E-state index in [1.54, 1.807) is 61.5 Å². The van der Waals surface area contributed by atoms with Gasteiger partial charge in [-0.3, -0.25) is 0 Å². The summed E-state index contributed by atoms with van der Waals surface area (Å²) < 4.78 is 58.8. The van der Waals surface area contributed by atoms with Crippen LogP contribution in [0.5, 0.6) is 23.0 Å². The molecule has 2 aromatic heterocycles. The summed E-state index contributed by atoms with van der Waals surface area (Å²) in [7, 11) is 0. The summed E-state index contributed by atoms with van der Waals surface area (Å²) in [5.74, 6) is 1.07. The van der Waals surface area contributed by atoms with Gasteiger partial charge in [0.25, 0.3) is 0 Å². The average Bonchev–Trinajstić information content (AvgIpc) is 3.85. The summed E-state index contributed by atoms with van der Waals surface area (Å²) in [6.45, 7) is 1.43. The van der Waals surface area contributed by atoms with Crippen LogP contribution in [-0.2, 0) is 23.9 Å². The van der Waals surface area contributed by atoms with Gasteiger partial charge in [-0.15, -0.1) is 0 Å². The Balaban J connectivity index is 1.36. The van der Waals surface area contributed by atoms with E-state index >= 15 is 0 Å². The quantitative estimate of drug-likeness (QED) is 0.112. The Hall–Kier alpha value is -4.66. The van der Waals surface area contributed by atoms with Crippen LogP contribution in [0.4, 0.5) is 13.2 Å². The second-order valence-corrected chi connectivity index (χ2v) is 13.6. The number of ether oxygens (including phenoxy) is 2. The zero-order valence-electron chi connectivity index (χ0n) is 28.0. The first-order valence-corrected chi connectivity index (χ1v) is 17.4. The molecule has 0 saturated carbocycles. The van der Waals surface area contributed by atoms with Crippen molar-refractivity contribution in [2.24, 2.45) is 0 Å². The molecule has 0 aliphatic heterocycles. The summed E-state index contributed by atoms with van der Waals surface area (Å²) in [5.41, 5.74) is -5.17. The van der Waals surface area contributed by atoms with E-state index in [1.165, 1.54) is 58.9 Å². The fourth-order valence-electron chi connectivity index (χ4n) is 6.24. The Morgan fingerprint density at radius 1 is 0.698 bits per heavy atom. The fraction of sp³-hybridized carbons (Fsp3) is 0.243. The van der Waals surface area contributed by atoms with Crippen LogP contribution in [-0.4, -0.2) is 39.7 Å². The van der Waals surface area contributed by atoms with Crippen molar-refractivity contribution in [2.45, 2.75) is 56.2 Å². The highest BCUT2D eigenvalue weighted by Gasteiger charge is 2.47. The average molecular weight is 788 g/mol. The molecule has 6 aromatic rings. The Morgan fingerprint density at radius 2 is 1.25 bits per heavy atom. The highest BCUT2D eigenvalue weighted by molar-refractivity contribution is 6.31. The van der Waals surface area contributed by atoms with E-state index in [2.05, 4.69) is 20.2 Å². The molecule has 10 nitrogen and oxygen atoms in total. The lowest BCUT2D eigenvalue weighted by Crippen LogP contribution is -2.40. The molecule has 0 fully saturated rings. The molecule has 0 bridgehead atoms. The van der Waals surface area contributed by atoms with Gasteiger partial charge in [0.15, 0.2) is 0 Å². The van der Waals surface area contributed by atoms with Gasteiger partial charge in [0.2, 0.25) is 0 Å². The van der Waals surface area contributed by atoms with Gasteiger partial charge in [-0.25, -0.2) is 19.3 Å². The van der Waals surface area contributed by atoms with Gasteiger partial charge in [-0.05, 0) is 97.6 Å². The van der Waals surface area contributed by atoms with E-state index in [1.807, 2.05) is 0 Å². The number of benzene rings is 4. The second-order valence-electron chi connectivity index (χ2n) is 12.3. The van der Waals surface area contributed by atoms with Crippen molar-refractivity contribution in [3.05, 3.63) is 142 Å². The van der Waals surface area contributed by atoms with Gasteiger partial charge >= 0.3 is 6.18 Å². The lowest BCUT2D eigenvalue weighted by atomic mass is 9.77. The van der Waals surface area contributed by atoms with Crippen LogP contribution in [0.3, 0.4) is 0 Å². The molecule has 0 amide bonds. The van der Waals surface area contributed by atoms with Crippen molar-refractivity contribution in [1.82, 2.24) is 29.5 Å². The summed E-state index contributed by atoms with van der Waals surface area (Å²) >= 11 is 18.7. The largest absolute Gasteiger partial charge is 0.457 e. The van der Waals surface area contributed by atoms with Crippen LogP contribution in [0.25, 0.3) is 0 Å². The molecule has 16 heteroatoms. The smallest absolute Gasteiger partial charge is 0.416 e. The van der Waals surface area contributed by atoms with E-state index in [0.717, 1.165) is 6.07 Å². The molecule has 3 atom stereocenters. The predicted molar refractivity (Wildman–Crippen MR) is 192 cm³/mol. The van der Waals surface area contributed by atoms with Crippen LogP contribution >= 0.6 is 34.8 Å². The summed E-state index contributed by atoms with van der Waals surface area (Å²) in [6, 6.07) is 19.9. The van der Waals surface area contributed by atoms with Crippen LogP contribution in [0, 0.1) is 0 Å². The molecule has 276 valence electrons. The van der Waals surface area contributed by atoms with Crippen molar-refractivity contribution in [3.8, 4) is 23.0 Å². The van der Waals surface area contributed by atoms with Crippen LogP contribution < -0.4 is 9.47 Å². The molecule has 0 aliphatic rings. The minimum absolute atomic E-state index is 0.0977. The normalized spacial score (nSPS) is 14.7. The zero-order valence-corrected chi connectivity index (χ0v) is 30.2. The molecule has 0 aliphatic carbocycles. The maximum absolute atomic E-state index is 14.8. The van der Waals surface area contributed by atoms with Crippen LogP contribution in [0.15, 0.2) is 110 Å². The molecule has 0 saturated heterocycles. The SMILES string of the molecule is CCC(O)(c1ccc(Oc2ccc(Cl)cc2)cc1C(F)(F)F)C(CCC(O)(Cn1cncn1)c1ccc(Oc2ccc(Cl)cc2)cc1Cl)n1cncn1. The van der Waals surface area contributed by atoms with Gasteiger partial charge < -0.3 is 19.7 Å². The Kier molecular flexibility index (Phi) is 11.3. The van der Waals surface area contributed by atoms with Crippen LogP contribution in [0.1, 0.15) is 48.9 Å². The maximum Gasteiger partial charge on any atom is 0.416 e. The van der Waals surface area contributed by atoms with Gasteiger partial charge in [0.1, 0.15) is 59.5 Å². The highest BCUT2D eigenvalue weighted by atomic mass is 35.5. The molecule has 0 spiro atoms. The van der Waals surface area contributed by atoms with Gasteiger partial charge in [0, 0.05) is 15.6 Å². The number of rotatable bonds is 14. The molecule has 2 N–H and O–H groups in total. The van der Waals surface area contributed by atoms with Crippen molar-refractivity contribution >= 4 is 34.8 Å². The topological polar surface area (TPSA) is 120 Å². The number of alkyl halides is 3. The van der Waals surface area contributed by atoms with Crippen molar-refractivity contribution in [2.75, 3.05) is 0 Å². The van der Waals surface area contributed by atoms with Gasteiger partial charge in [-0.1, -0.05) is 53.9 Å². The number of aliphatic hydroxyl groups is 2. The molecule has 53 heavy (non-hydrogen) atoms. The first-order chi connectivity index (χ1) is 25.3. The molecule has 6 rings (SSSR count). The predicted octanol–water partition coefficient (Wildman–Crippen LogP) is 9.64. The zero-order chi connectivity index (χ0) is 37.8. The number of aromatic nitrogens is 6. The molecule has 0 radical (unpaired) electrons. The summed E-state index contributed by atoms with van der Waals surface area (Å²) in [4.78, 5) is 7.99. The second kappa shape index (κ2) is 15.7. The van der Waals surface area contributed by atoms with Gasteiger partial charge in [-0.2, -0.15) is 23.4 Å². The summed E-state index contributed by atoms with van der Waals surface area (Å²) in [6.07, 6.45) is -0.0411. The molecule has 3 unspecified atom stereocenters. The molecular weight excluding hydrogens is 756 g/mol. The maximum atomic E-state index is 14.8. The van der Waals surface area contributed by atoms with E-state index in [9.17, 15) is 23.4 Å². The van der Waals surface area contributed by atoms with Crippen molar-refractivity contribution in [1.29, 1.82) is 0 Å². The Morgan fingerprint density at radius 3 is 1.75 bits per heavy atom. The van der Waals surface area contributed by atoms with Gasteiger partial charge in [0.05, 0.1) is 23.2 Å². The fourth-order valence-corrected chi connectivity index (χ4v) is 6.84. The first kappa shape index (κ1) is 38.1. The standard InChI is InChI=1S/C37H32Cl3F3N6O4/c1-2-36(51,30-13-11-28(17-32(30)37(41,42)43)52-26-7-3-24(38)4-8-26)34(49-23-45-21-47-49)15-16-35(50,19-48-22-44-20-46-48)31-14-12-29(18-33(31)40)53-27-9-5-25(39)6-10-27/h3-14,17-18,20-23,34,50-51H,2,15-16,19H2,1H3. The van der Waals surface area contributed by atoms with E-state index in [4.69, 9.17) is 44.3 Å². The van der Waals surface area contributed by atoms with Crippen molar-refractivity contribution in [3.63, 3.8) is 0 Å². The van der Waals surface area contributed by atoms with E-state index < -0.39 is 34.5 Å². The number of nitrogens with zero attached hydrogens (tertiary/aromatic N) is 6. The molecular formula is C37H32Cl3F3N6O4. The number of hydrogen-bond donors (Lipinski definition) is 2. The Bertz CT molecular complexity index is 2120. The number of hydrogen-bond acceptors (Lipinski definition) is 8. The first-order valence-electron chi connectivity index (χ1n) is 16.3. The third kappa shape index (κ3) is 8.77. The van der Waals surface area contributed by atoms with E-state index in [0.29, 0.717) is 21.5 Å². The third-order valence-corrected chi connectivity index (χ3v) is 9.69. The lowest BCUT2D eigenvalue weighted by molar-refractivity contribution is -0.142. The minimum Gasteiger partial charge on any atom is -0.457 e. The summed E-state index contributed by atoms with van der Waals surface area (Å²) in [5, 5.41) is 34.4. The Labute approximate surface area is 317 Å². The molecule has 4 aromatic carbocycles. The van der Waals surface area contributed by atoms with Crippen LogP contribution in [0.2, 0.25) is 15.1 Å². The van der Waals surface area contributed by atoms with E-state index in [-0.39, 0.29) is 47.9 Å².